The summed E-state index contributed by atoms with van der Waals surface area (Å²) < 4.78 is 0.519. The minimum atomic E-state index is -0.168. The van der Waals surface area contributed by atoms with Crippen LogP contribution in [0.3, 0.4) is 0 Å². The van der Waals surface area contributed by atoms with E-state index in [9.17, 15) is 4.79 Å². The van der Waals surface area contributed by atoms with Gasteiger partial charge in [-0.2, -0.15) is 0 Å². The molecule has 0 aliphatic carbocycles. The molecular weight excluding hydrogens is 300 g/mol. The normalized spacial score (nSPS) is 11.8. The molecule has 2 rings (SSSR count). The molecule has 0 fully saturated rings. The molecule has 5 heteroatoms. The van der Waals surface area contributed by atoms with Crippen molar-refractivity contribution in [2.75, 3.05) is 0 Å². The number of hydrogen-bond acceptors (Lipinski definition) is 3. The van der Waals surface area contributed by atoms with Crippen molar-refractivity contribution in [3.05, 3.63) is 38.0 Å². The molecule has 3 nitrogen and oxygen atoms in total. The number of halogens is 1. The molecule has 0 unspecified atom stereocenters. The predicted octanol–water partition coefficient (Wildman–Crippen LogP) is 3.56. The molecule has 2 aromatic rings. The second kappa shape index (κ2) is 4.38. The SMILES string of the molecule is CC(C)(C)c1nc(-c2cccs2)[nH]c(=O)c1Br. The Labute approximate surface area is 112 Å². The topological polar surface area (TPSA) is 45.8 Å². The van der Waals surface area contributed by atoms with E-state index >= 15 is 0 Å². The van der Waals surface area contributed by atoms with E-state index in [0.29, 0.717) is 10.3 Å². The van der Waals surface area contributed by atoms with Gasteiger partial charge >= 0.3 is 0 Å². The number of nitrogens with zero attached hydrogens (tertiary/aromatic N) is 1. The van der Waals surface area contributed by atoms with Crippen LogP contribution in [0.2, 0.25) is 0 Å². The maximum Gasteiger partial charge on any atom is 0.265 e. The Morgan fingerprint density at radius 3 is 2.65 bits per heavy atom. The fourth-order valence-electron chi connectivity index (χ4n) is 1.49. The highest BCUT2D eigenvalue weighted by Crippen LogP contribution is 2.28. The fourth-order valence-corrected chi connectivity index (χ4v) is 2.94. The molecule has 0 bridgehead atoms. The van der Waals surface area contributed by atoms with Gasteiger partial charge in [-0.1, -0.05) is 26.8 Å². The van der Waals surface area contributed by atoms with Gasteiger partial charge in [0.15, 0.2) is 5.82 Å². The standard InChI is InChI=1S/C12H13BrN2OS/c1-12(2,3)9-8(13)11(16)15-10(14-9)7-5-4-6-17-7/h4-6H,1-3H3,(H,14,15,16). The van der Waals surface area contributed by atoms with Gasteiger partial charge in [0, 0.05) is 5.41 Å². The zero-order valence-electron chi connectivity index (χ0n) is 9.87. The van der Waals surface area contributed by atoms with Crippen molar-refractivity contribution in [2.45, 2.75) is 26.2 Å². The van der Waals surface area contributed by atoms with E-state index in [0.717, 1.165) is 10.6 Å². The van der Waals surface area contributed by atoms with Gasteiger partial charge in [-0.3, -0.25) is 4.79 Å². The van der Waals surface area contributed by atoms with Gasteiger partial charge in [0.1, 0.15) is 4.47 Å². The molecule has 1 N–H and O–H groups in total. The molecule has 0 amide bonds. The first kappa shape index (κ1) is 12.5. The first-order valence-electron chi connectivity index (χ1n) is 5.24. The lowest BCUT2D eigenvalue weighted by atomic mass is 9.92. The maximum absolute atomic E-state index is 11.9. The Morgan fingerprint density at radius 2 is 2.12 bits per heavy atom. The van der Waals surface area contributed by atoms with E-state index in [2.05, 4.69) is 25.9 Å². The number of thiophene rings is 1. The van der Waals surface area contributed by atoms with Crippen LogP contribution in [0, 0.1) is 0 Å². The van der Waals surface area contributed by atoms with Crippen molar-refractivity contribution >= 4 is 27.3 Å². The summed E-state index contributed by atoms with van der Waals surface area (Å²) in [5, 5.41) is 1.97. The van der Waals surface area contributed by atoms with Crippen LogP contribution in [0.4, 0.5) is 0 Å². The Bertz CT molecular complexity index is 582. The molecular formula is C12H13BrN2OS. The summed E-state index contributed by atoms with van der Waals surface area (Å²) in [6.07, 6.45) is 0. The van der Waals surface area contributed by atoms with Gasteiger partial charge in [0.25, 0.3) is 5.56 Å². The Hall–Kier alpha value is -0.940. The van der Waals surface area contributed by atoms with Crippen molar-refractivity contribution in [1.29, 1.82) is 0 Å². The Balaban J connectivity index is 2.67. The van der Waals surface area contributed by atoms with E-state index in [1.54, 1.807) is 11.3 Å². The molecule has 17 heavy (non-hydrogen) atoms. The zero-order chi connectivity index (χ0) is 12.6. The number of rotatable bonds is 1. The molecule has 0 aromatic carbocycles. The quantitative estimate of drug-likeness (QED) is 0.875. The van der Waals surface area contributed by atoms with Crippen LogP contribution >= 0.6 is 27.3 Å². The van der Waals surface area contributed by atoms with E-state index < -0.39 is 0 Å². The van der Waals surface area contributed by atoms with Gasteiger partial charge in [0.2, 0.25) is 0 Å². The van der Waals surface area contributed by atoms with Crippen molar-refractivity contribution < 1.29 is 0 Å². The van der Waals surface area contributed by atoms with Crippen LogP contribution in [0.25, 0.3) is 10.7 Å². The van der Waals surface area contributed by atoms with E-state index in [1.165, 1.54) is 0 Å². The molecule has 0 saturated heterocycles. The molecule has 0 atom stereocenters. The third-order valence-electron chi connectivity index (χ3n) is 2.33. The maximum atomic E-state index is 11.9. The number of aromatic amines is 1. The van der Waals surface area contributed by atoms with E-state index in [1.807, 2.05) is 38.3 Å². The van der Waals surface area contributed by atoms with Gasteiger partial charge < -0.3 is 4.98 Å². The van der Waals surface area contributed by atoms with Crippen LogP contribution in [0.5, 0.6) is 0 Å². The highest BCUT2D eigenvalue weighted by molar-refractivity contribution is 9.10. The molecule has 2 aromatic heterocycles. The molecule has 0 aliphatic rings. The van der Waals surface area contributed by atoms with Gasteiger partial charge in [-0.15, -0.1) is 11.3 Å². The van der Waals surface area contributed by atoms with Crippen LogP contribution in [0.15, 0.2) is 26.8 Å². The number of hydrogen-bond donors (Lipinski definition) is 1. The number of H-pyrrole nitrogens is 1. The fraction of sp³-hybridized carbons (Fsp3) is 0.333. The first-order valence-corrected chi connectivity index (χ1v) is 6.91. The monoisotopic (exact) mass is 312 g/mol. The minimum absolute atomic E-state index is 0.131. The van der Waals surface area contributed by atoms with Crippen LogP contribution in [-0.4, -0.2) is 9.97 Å². The lowest BCUT2D eigenvalue weighted by Gasteiger charge is -2.19. The smallest absolute Gasteiger partial charge is 0.265 e. The number of nitrogens with one attached hydrogen (secondary N) is 1. The molecule has 0 radical (unpaired) electrons. The first-order chi connectivity index (χ1) is 7.89. The molecule has 2 heterocycles. The summed E-state index contributed by atoms with van der Waals surface area (Å²) in [5.74, 6) is 0.637. The average Bonchev–Trinajstić information content (AvgIpc) is 2.73. The average molecular weight is 313 g/mol. The molecule has 0 aliphatic heterocycles. The predicted molar refractivity (Wildman–Crippen MR) is 74.6 cm³/mol. The lowest BCUT2D eigenvalue weighted by molar-refractivity contribution is 0.562. The summed E-state index contributed by atoms with van der Waals surface area (Å²) in [6, 6.07) is 3.89. The second-order valence-electron chi connectivity index (χ2n) is 4.80. The Kier molecular flexibility index (Phi) is 3.23. The summed E-state index contributed by atoms with van der Waals surface area (Å²) in [5.41, 5.74) is 0.483. The highest BCUT2D eigenvalue weighted by atomic mass is 79.9. The van der Waals surface area contributed by atoms with E-state index in [4.69, 9.17) is 0 Å². The van der Waals surface area contributed by atoms with Gasteiger partial charge in [-0.05, 0) is 27.4 Å². The molecule has 0 spiro atoms. The molecule has 0 saturated carbocycles. The lowest BCUT2D eigenvalue weighted by Crippen LogP contribution is -2.22. The largest absolute Gasteiger partial charge is 0.305 e. The van der Waals surface area contributed by atoms with Gasteiger partial charge in [-0.25, -0.2) is 4.98 Å². The summed E-state index contributed by atoms with van der Waals surface area (Å²) >= 11 is 4.87. The highest BCUT2D eigenvalue weighted by Gasteiger charge is 2.22. The second-order valence-corrected chi connectivity index (χ2v) is 6.55. The van der Waals surface area contributed by atoms with Crippen LogP contribution in [0.1, 0.15) is 26.5 Å². The zero-order valence-corrected chi connectivity index (χ0v) is 12.3. The third-order valence-corrected chi connectivity index (χ3v) is 3.94. The summed E-state index contributed by atoms with van der Waals surface area (Å²) in [7, 11) is 0. The van der Waals surface area contributed by atoms with Crippen molar-refractivity contribution in [1.82, 2.24) is 9.97 Å². The minimum Gasteiger partial charge on any atom is -0.305 e. The van der Waals surface area contributed by atoms with Crippen molar-refractivity contribution in [3.8, 4) is 10.7 Å². The van der Waals surface area contributed by atoms with Gasteiger partial charge in [0.05, 0.1) is 10.6 Å². The van der Waals surface area contributed by atoms with Crippen molar-refractivity contribution in [3.63, 3.8) is 0 Å². The third kappa shape index (κ3) is 2.50. The number of aromatic nitrogens is 2. The van der Waals surface area contributed by atoms with Crippen molar-refractivity contribution in [2.24, 2.45) is 0 Å². The molecule has 90 valence electrons. The van der Waals surface area contributed by atoms with E-state index in [-0.39, 0.29) is 11.0 Å². The Morgan fingerprint density at radius 1 is 1.41 bits per heavy atom. The van der Waals surface area contributed by atoms with Crippen LogP contribution < -0.4 is 5.56 Å². The van der Waals surface area contributed by atoms with Crippen LogP contribution in [-0.2, 0) is 5.41 Å². The summed E-state index contributed by atoms with van der Waals surface area (Å²) in [4.78, 5) is 20.2. The summed E-state index contributed by atoms with van der Waals surface area (Å²) in [6.45, 7) is 6.12.